The lowest BCUT2D eigenvalue weighted by Crippen LogP contribution is -2.32. The van der Waals surface area contributed by atoms with Gasteiger partial charge in [-0.25, -0.2) is 13.4 Å². The van der Waals surface area contributed by atoms with Crippen molar-refractivity contribution in [3.8, 4) is 5.88 Å². The Morgan fingerprint density at radius 1 is 1.45 bits per heavy atom. The average Bonchev–Trinajstić information content (AvgIpc) is 2.88. The van der Waals surface area contributed by atoms with E-state index in [1.165, 1.54) is 0 Å². The van der Waals surface area contributed by atoms with E-state index in [1.807, 2.05) is 26.0 Å². The molecule has 1 saturated heterocycles. The maximum absolute atomic E-state index is 12.1. The molecule has 1 unspecified atom stereocenters. The minimum Gasteiger partial charge on any atom is -0.473 e. The van der Waals surface area contributed by atoms with Crippen LogP contribution in [0.5, 0.6) is 5.88 Å². The van der Waals surface area contributed by atoms with Crippen molar-refractivity contribution in [2.45, 2.75) is 39.2 Å². The summed E-state index contributed by atoms with van der Waals surface area (Å²) in [5.41, 5.74) is 1.08. The van der Waals surface area contributed by atoms with E-state index in [2.05, 4.69) is 4.98 Å². The van der Waals surface area contributed by atoms with Crippen molar-refractivity contribution in [3.63, 3.8) is 0 Å². The number of nitrogens with zero attached hydrogens (tertiary/aromatic N) is 2. The number of aryl methyl sites for hydroxylation is 1. The fourth-order valence-corrected chi connectivity index (χ4v) is 3.89. The predicted molar refractivity (Wildman–Crippen MR) is 78.3 cm³/mol. The predicted octanol–water partition coefficient (Wildman–Crippen LogP) is 1.97. The quantitative estimate of drug-likeness (QED) is 0.805. The van der Waals surface area contributed by atoms with Crippen LogP contribution in [0.1, 0.15) is 31.7 Å². The average molecular weight is 298 g/mol. The summed E-state index contributed by atoms with van der Waals surface area (Å²) < 4.78 is 31.5. The summed E-state index contributed by atoms with van der Waals surface area (Å²) in [7, 11) is -3.12. The van der Waals surface area contributed by atoms with Crippen LogP contribution in [-0.2, 0) is 10.0 Å². The number of pyridine rings is 1. The molecule has 1 aromatic heterocycles. The van der Waals surface area contributed by atoms with Crippen LogP contribution in [0.25, 0.3) is 0 Å². The highest BCUT2D eigenvalue weighted by molar-refractivity contribution is 7.89. The van der Waals surface area contributed by atoms with Gasteiger partial charge in [-0.3, -0.25) is 0 Å². The molecule has 112 valence electrons. The second-order valence-corrected chi connectivity index (χ2v) is 7.32. The van der Waals surface area contributed by atoms with Crippen molar-refractivity contribution in [2.75, 3.05) is 18.8 Å². The van der Waals surface area contributed by atoms with Crippen molar-refractivity contribution in [1.82, 2.24) is 9.29 Å². The van der Waals surface area contributed by atoms with Gasteiger partial charge in [-0.15, -0.1) is 0 Å². The zero-order chi connectivity index (χ0) is 14.6. The highest BCUT2D eigenvalue weighted by Crippen LogP contribution is 2.19. The topological polar surface area (TPSA) is 59.5 Å². The number of aromatic nitrogens is 1. The van der Waals surface area contributed by atoms with E-state index >= 15 is 0 Å². The lowest BCUT2D eigenvalue weighted by atomic mass is 10.3. The van der Waals surface area contributed by atoms with Crippen LogP contribution < -0.4 is 4.74 Å². The van der Waals surface area contributed by atoms with Crippen LogP contribution in [0.3, 0.4) is 0 Å². The van der Waals surface area contributed by atoms with Crippen LogP contribution in [0.15, 0.2) is 18.3 Å². The van der Waals surface area contributed by atoms with Gasteiger partial charge in [-0.2, -0.15) is 4.31 Å². The number of rotatable bonds is 6. The molecular weight excluding hydrogens is 276 g/mol. The van der Waals surface area contributed by atoms with E-state index in [4.69, 9.17) is 4.74 Å². The Kier molecular flexibility index (Phi) is 4.99. The maximum atomic E-state index is 12.1. The number of sulfonamides is 1. The van der Waals surface area contributed by atoms with E-state index in [-0.39, 0.29) is 11.9 Å². The first-order chi connectivity index (χ1) is 9.51. The van der Waals surface area contributed by atoms with Crippen LogP contribution >= 0.6 is 0 Å². The van der Waals surface area contributed by atoms with Gasteiger partial charge in [0.1, 0.15) is 6.10 Å². The summed E-state index contributed by atoms with van der Waals surface area (Å²) in [6.45, 7) is 4.94. The van der Waals surface area contributed by atoms with Gasteiger partial charge in [0.15, 0.2) is 0 Å². The Morgan fingerprint density at radius 3 is 2.90 bits per heavy atom. The Balaban J connectivity index is 1.90. The molecule has 0 aliphatic carbocycles. The first-order valence-corrected chi connectivity index (χ1v) is 8.69. The van der Waals surface area contributed by atoms with E-state index in [0.717, 1.165) is 18.4 Å². The minimum absolute atomic E-state index is 0.0957. The van der Waals surface area contributed by atoms with E-state index in [9.17, 15) is 8.42 Å². The molecule has 1 fully saturated rings. The van der Waals surface area contributed by atoms with Gasteiger partial charge in [0.05, 0.1) is 12.3 Å². The lowest BCUT2D eigenvalue weighted by molar-refractivity contribution is 0.207. The van der Waals surface area contributed by atoms with Gasteiger partial charge in [0.2, 0.25) is 15.9 Å². The Hall–Kier alpha value is -1.14. The minimum atomic E-state index is -3.12. The van der Waals surface area contributed by atoms with Gasteiger partial charge >= 0.3 is 0 Å². The standard InChI is InChI=1S/C14H22N2O3S/c1-3-4-9-20(17,18)16-8-7-13(11-16)19-14-6-5-12(2)10-15-14/h5-6,10,13H,3-4,7-9,11H2,1-2H3. The van der Waals surface area contributed by atoms with Crippen molar-refractivity contribution < 1.29 is 13.2 Å². The van der Waals surface area contributed by atoms with E-state index < -0.39 is 10.0 Å². The van der Waals surface area contributed by atoms with Crippen LogP contribution in [0.2, 0.25) is 0 Å². The first-order valence-electron chi connectivity index (χ1n) is 7.08. The third-order valence-electron chi connectivity index (χ3n) is 3.43. The highest BCUT2D eigenvalue weighted by Gasteiger charge is 2.32. The number of hydrogen-bond acceptors (Lipinski definition) is 4. The summed E-state index contributed by atoms with van der Waals surface area (Å²) in [5.74, 6) is 0.798. The molecule has 20 heavy (non-hydrogen) atoms. The fraction of sp³-hybridized carbons (Fsp3) is 0.643. The second-order valence-electron chi connectivity index (χ2n) is 5.23. The van der Waals surface area contributed by atoms with E-state index in [0.29, 0.717) is 25.4 Å². The second kappa shape index (κ2) is 6.54. The smallest absolute Gasteiger partial charge is 0.214 e. The summed E-state index contributed by atoms with van der Waals surface area (Å²) in [5, 5.41) is 0. The zero-order valence-corrected chi connectivity index (χ0v) is 12.9. The van der Waals surface area contributed by atoms with Gasteiger partial charge in [-0.05, 0) is 25.3 Å². The summed E-state index contributed by atoms with van der Waals surface area (Å²) >= 11 is 0. The van der Waals surface area contributed by atoms with Crippen molar-refractivity contribution >= 4 is 10.0 Å². The van der Waals surface area contributed by atoms with Crippen molar-refractivity contribution in [3.05, 3.63) is 23.9 Å². The highest BCUT2D eigenvalue weighted by atomic mass is 32.2. The van der Waals surface area contributed by atoms with Crippen LogP contribution in [0, 0.1) is 6.92 Å². The van der Waals surface area contributed by atoms with Crippen molar-refractivity contribution in [2.24, 2.45) is 0 Å². The molecule has 1 atom stereocenters. The third-order valence-corrected chi connectivity index (χ3v) is 5.35. The Bertz CT molecular complexity index is 528. The van der Waals surface area contributed by atoms with Crippen LogP contribution in [-0.4, -0.2) is 42.7 Å². The molecular formula is C14H22N2O3S. The molecule has 0 N–H and O–H groups in total. The molecule has 0 radical (unpaired) electrons. The molecule has 2 rings (SSSR count). The van der Waals surface area contributed by atoms with Gasteiger partial charge < -0.3 is 4.74 Å². The van der Waals surface area contributed by atoms with Gasteiger partial charge in [0, 0.05) is 18.8 Å². The Morgan fingerprint density at radius 2 is 2.25 bits per heavy atom. The molecule has 1 aliphatic heterocycles. The molecule has 2 heterocycles. The number of hydrogen-bond donors (Lipinski definition) is 0. The molecule has 0 amide bonds. The molecule has 1 aliphatic rings. The van der Waals surface area contributed by atoms with Gasteiger partial charge in [-0.1, -0.05) is 19.4 Å². The lowest BCUT2D eigenvalue weighted by Gasteiger charge is -2.16. The Labute approximate surface area is 121 Å². The normalized spacial score (nSPS) is 20.2. The molecule has 5 nitrogen and oxygen atoms in total. The SMILES string of the molecule is CCCCS(=O)(=O)N1CCC(Oc2ccc(C)cn2)C1. The zero-order valence-electron chi connectivity index (χ0n) is 12.1. The van der Waals surface area contributed by atoms with E-state index in [1.54, 1.807) is 10.5 Å². The largest absolute Gasteiger partial charge is 0.473 e. The monoisotopic (exact) mass is 298 g/mol. The molecule has 0 aromatic carbocycles. The summed E-state index contributed by atoms with van der Waals surface area (Å²) in [6, 6.07) is 3.76. The number of ether oxygens (including phenoxy) is 1. The van der Waals surface area contributed by atoms with Gasteiger partial charge in [0.25, 0.3) is 0 Å². The first kappa shape index (κ1) is 15.3. The van der Waals surface area contributed by atoms with Crippen LogP contribution in [0.4, 0.5) is 0 Å². The third kappa shape index (κ3) is 3.93. The molecule has 0 saturated carbocycles. The molecule has 1 aromatic rings. The summed E-state index contributed by atoms with van der Waals surface area (Å²) in [4.78, 5) is 4.19. The molecule has 0 spiro atoms. The fourth-order valence-electron chi connectivity index (χ4n) is 2.20. The molecule has 6 heteroatoms. The number of unbranched alkanes of at least 4 members (excludes halogenated alkanes) is 1. The summed E-state index contributed by atoms with van der Waals surface area (Å²) in [6.07, 6.45) is 3.98. The maximum Gasteiger partial charge on any atom is 0.214 e. The molecule has 0 bridgehead atoms. The van der Waals surface area contributed by atoms with Crippen molar-refractivity contribution in [1.29, 1.82) is 0 Å².